The lowest BCUT2D eigenvalue weighted by atomic mass is 10.1. The predicted molar refractivity (Wildman–Crippen MR) is 94.9 cm³/mol. The van der Waals surface area contributed by atoms with Crippen molar-refractivity contribution in [2.75, 3.05) is 20.1 Å². The van der Waals surface area contributed by atoms with Crippen molar-refractivity contribution in [2.45, 2.75) is 64.7 Å². The predicted octanol–water partition coefficient (Wildman–Crippen LogP) is 2.87. The molecule has 1 heterocycles. The maximum atomic E-state index is 6.06. The molecule has 0 bridgehead atoms. The van der Waals surface area contributed by atoms with Crippen LogP contribution in [0.15, 0.2) is 4.99 Å². The van der Waals surface area contributed by atoms with Gasteiger partial charge in [0, 0.05) is 26.2 Å². The van der Waals surface area contributed by atoms with E-state index in [2.05, 4.69) is 42.9 Å². The van der Waals surface area contributed by atoms with Gasteiger partial charge in [-0.05, 0) is 46.0 Å². The summed E-state index contributed by atoms with van der Waals surface area (Å²) in [5.41, 5.74) is -0.0315. The van der Waals surface area contributed by atoms with Crippen LogP contribution in [0.4, 0.5) is 0 Å². The zero-order valence-electron chi connectivity index (χ0n) is 13.5. The SMILES string of the molecule is CN=C(NC1CC1C)N1CCC(OC(C)(C)C)CC1.I. The number of piperidine rings is 1. The van der Waals surface area contributed by atoms with Crippen LogP contribution in [0.3, 0.4) is 0 Å². The van der Waals surface area contributed by atoms with Gasteiger partial charge < -0.3 is 15.0 Å². The van der Waals surface area contributed by atoms with E-state index in [1.807, 2.05) is 7.05 Å². The summed E-state index contributed by atoms with van der Waals surface area (Å²) in [5.74, 6) is 1.88. The molecule has 0 spiro atoms. The first-order chi connectivity index (χ1) is 8.89. The van der Waals surface area contributed by atoms with Crippen molar-refractivity contribution in [3.63, 3.8) is 0 Å². The largest absolute Gasteiger partial charge is 0.372 e. The van der Waals surface area contributed by atoms with E-state index >= 15 is 0 Å². The summed E-state index contributed by atoms with van der Waals surface area (Å²) < 4.78 is 6.06. The Kier molecular flexibility index (Phi) is 6.57. The van der Waals surface area contributed by atoms with Crippen LogP contribution in [0.25, 0.3) is 0 Å². The molecule has 1 aliphatic carbocycles. The van der Waals surface area contributed by atoms with E-state index in [0.717, 1.165) is 37.8 Å². The van der Waals surface area contributed by atoms with E-state index in [-0.39, 0.29) is 29.6 Å². The first kappa shape index (κ1) is 18.0. The molecule has 0 aromatic carbocycles. The molecule has 0 amide bonds. The molecule has 1 saturated carbocycles. The molecule has 1 saturated heterocycles. The minimum absolute atomic E-state index is 0. The number of rotatable bonds is 2. The number of nitrogens with one attached hydrogen (secondary N) is 1. The summed E-state index contributed by atoms with van der Waals surface area (Å²) in [6, 6.07) is 0.641. The quantitative estimate of drug-likeness (QED) is 0.444. The van der Waals surface area contributed by atoms with E-state index in [9.17, 15) is 0 Å². The van der Waals surface area contributed by atoms with Crippen LogP contribution < -0.4 is 5.32 Å². The minimum Gasteiger partial charge on any atom is -0.372 e. The molecular weight excluding hydrogens is 365 g/mol. The molecule has 2 fully saturated rings. The highest BCUT2D eigenvalue weighted by atomic mass is 127. The molecule has 0 aromatic heterocycles. The summed E-state index contributed by atoms with van der Waals surface area (Å²) in [7, 11) is 1.88. The third-order valence-corrected chi connectivity index (χ3v) is 3.90. The average Bonchev–Trinajstić information content (AvgIpc) is 3.01. The Balaban J connectivity index is 0.00000200. The number of ether oxygens (including phenoxy) is 1. The molecule has 2 unspecified atom stereocenters. The summed E-state index contributed by atoms with van der Waals surface area (Å²) in [4.78, 5) is 6.79. The van der Waals surface area contributed by atoms with Gasteiger partial charge in [-0.3, -0.25) is 4.99 Å². The zero-order chi connectivity index (χ0) is 14.0. The van der Waals surface area contributed by atoms with E-state index in [0.29, 0.717) is 12.1 Å². The van der Waals surface area contributed by atoms with E-state index in [1.165, 1.54) is 6.42 Å². The second-order valence-corrected chi connectivity index (χ2v) is 6.93. The van der Waals surface area contributed by atoms with Gasteiger partial charge in [0.15, 0.2) is 5.96 Å². The number of aliphatic imine (C=N–C) groups is 1. The average molecular weight is 395 g/mol. The maximum absolute atomic E-state index is 6.06. The van der Waals surface area contributed by atoms with Crippen molar-refractivity contribution in [2.24, 2.45) is 10.9 Å². The van der Waals surface area contributed by atoms with Crippen LogP contribution in [0.5, 0.6) is 0 Å². The molecule has 1 aliphatic heterocycles. The molecule has 20 heavy (non-hydrogen) atoms. The van der Waals surface area contributed by atoms with Gasteiger partial charge in [-0.1, -0.05) is 6.92 Å². The Morgan fingerprint density at radius 3 is 2.20 bits per heavy atom. The zero-order valence-corrected chi connectivity index (χ0v) is 15.8. The third-order valence-electron chi connectivity index (χ3n) is 3.90. The van der Waals surface area contributed by atoms with Gasteiger partial charge in [0.05, 0.1) is 11.7 Å². The molecule has 2 atom stereocenters. The normalized spacial score (nSPS) is 28.1. The van der Waals surface area contributed by atoms with E-state index < -0.39 is 0 Å². The standard InChI is InChI=1S/C15H29N3O.HI/c1-11-10-13(11)17-14(16-5)18-8-6-12(7-9-18)19-15(2,3)4;/h11-13H,6-10H2,1-5H3,(H,16,17);1H. The molecule has 118 valence electrons. The fraction of sp³-hybridized carbons (Fsp3) is 0.933. The fourth-order valence-electron chi connectivity index (χ4n) is 2.67. The number of halogens is 1. The molecule has 2 aliphatic rings. The Morgan fingerprint density at radius 2 is 1.80 bits per heavy atom. The van der Waals surface area contributed by atoms with Crippen LogP contribution in [0.2, 0.25) is 0 Å². The number of hydrogen-bond acceptors (Lipinski definition) is 2. The summed E-state index contributed by atoms with van der Waals surface area (Å²) in [6.07, 6.45) is 3.87. The third kappa shape index (κ3) is 5.39. The molecule has 4 nitrogen and oxygen atoms in total. The van der Waals surface area contributed by atoms with Gasteiger partial charge in [-0.15, -0.1) is 24.0 Å². The van der Waals surface area contributed by atoms with E-state index in [4.69, 9.17) is 4.74 Å². The van der Waals surface area contributed by atoms with Crippen molar-refractivity contribution >= 4 is 29.9 Å². The van der Waals surface area contributed by atoms with E-state index in [1.54, 1.807) is 0 Å². The molecule has 5 heteroatoms. The van der Waals surface area contributed by atoms with Crippen molar-refractivity contribution in [1.82, 2.24) is 10.2 Å². The summed E-state index contributed by atoms with van der Waals surface area (Å²) in [5, 5.41) is 3.56. The minimum atomic E-state index is -0.0315. The first-order valence-electron chi connectivity index (χ1n) is 7.55. The van der Waals surface area contributed by atoms with Crippen molar-refractivity contribution < 1.29 is 4.74 Å². The summed E-state index contributed by atoms with van der Waals surface area (Å²) >= 11 is 0. The fourth-order valence-corrected chi connectivity index (χ4v) is 2.67. The van der Waals surface area contributed by atoms with Crippen LogP contribution >= 0.6 is 24.0 Å². The Hall–Kier alpha value is -0.0400. The lowest BCUT2D eigenvalue weighted by Gasteiger charge is -2.37. The molecule has 0 aromatic rings. The number of guanidine groups is 1. The van der Waals surface area contributed by atoms with Gasteiger partial charge in [0.2, 0.25) is 0 Å². The topological polar surface area (TPSA) is 36.9 Å². The highest BCUT2D eigenvalue weighted by Crippen LogP contribution is 2.29. The lowest BCUT2D eigenvalue weighted by molar-refractivity contribution is -0.0772. The summed E-state index contributed by atoms with van der Waals surface area (Å²) in [6.45, 7) is 10.8. The second kappa shape index (κ2) is 7.29. The smallest absolute Gasteiger partial charge is 0.193 e. The Bertz CT molecular complexity index is 333. The van der Waals surface area contributed by atoms with Crippen LogP contribution in [0, 0.1) is 5.92 Å². The molecule has 1 N–H and O–H groups in total. The highest BCUT2D eigenvalue weighted by Gasteiger charge is 2.35. The van der Waals surface area contributed by atoms with Crippen LogP contribution in [-0.4, -0.2) is 48.7 Å². The van der Waals surface area contributed by atoms with Crippen molar-refractivity contribution in [3.8, 4) is 0 Å². The van der Waals surface area contributed by atoms with Crippen LogP contribution in [-0.2, 0) is 4.74 Å². The number of likely N-dealkylation sites (tertiary alicyclic amines) is 1. The lowest BCUT2D eigenvalue weighted by Crippen LogP contribution is -2.48. The molecule has 2 rings (SSSR count). The van der Waals surface area contributed by atoms with Gasteiger partial charge in [0.1, 0.15) is 0 Å². The van der Waals surface area contributed by atoms with Gasteiger partial charge >= 0.3 is 0 Å². The van der Waals surface area contributed by atoms with Gasteiger partial charge in [0.25, 0.3) is 0 Å². The van der Waals surface area contributed by atoms with Gasteiger partial charge in [-0.2, -0.15) is 0 Å². The monoisotopic (exact) mass is 395 g/mol. The van der Waals surface area contributed by atoms with Crippen molar-refractivity contribution in [1.29, 1.82) is 0 Å². The number of nitrogens with zero attached hydrogens (tertiary/aromatic N) is 2. The Labute approximate surface area is 140 Å². The first-order valence-corrected chi connectivity index (χ1v) is 7.55. The highest BCUT2D eigenvalue weighted by molar-refractivity contribution is 14.0. The van der Waals surface area contributed by atoms with Crippen LogP contribution in [0.1, 0.15) is 47.0 Å². The Morgan fingerprint density at radius 1 is 1.25 bits per heavy atom. The van der Waals surface area contributed by atoms with Crippen molar-refractivity contribution in [3.05, 3.63) is 0 Å². The maximum Gasteiger partial charge on any atom is 0.193 e. The molecular formula is C15H30IN3O. The molecule has 0 radical (unpaired) electrons. The van der Waals surface area contributed by atoms with Gasteiger partial charge in [-0.25, -0.2) is 0 Å². The number of hydrogen-bond donors (Lipinski definition) is 1. The second-order valence-electron chi connectivity index (χ2n) is 6.93.